The predicted octanol–water partition coefficient (Wildman–Crippen LogP) is 4.37. The highest BCUT2D eigenvalue weighted by Gasteiger charge is 2.44. The summed E-state index contributed by atoms with van der Waals surface area (Å²) in [5.74, 6) is 0.993. The number of carbonyl (C=O) groups is 1. The number of carbonyl (C=O) groups excluding carboxylic acids is 1. The molecule has 3 heterocycles. The van der Waals surface area contributed by atoms with Gasteiger partial charge in [-0.2, -0.15) is 0 Å². The van der Waals surface area contributed by atoms with Crippen molar-refractivity contribution >= 4 is 11.8 Å². The molecule has 3 unspecified atom stereocenters. The second-order valence-electron chi connectivity index (χ2n) is 10.5. The molecule has 33 heavy (non-hydrogen) atoms. The topological polar surface area (TPSA) is 54.0 Å². The quantitative estimate of drug-likeness (QED) is 0.751. The van der Waals surface area contributed by atoms with Crippen molar-refractivity contribution in [1.29, 1.82) is 0 Å². The minimum atomic E-state index is -0.461. The van der Waals surface area contributed by atoms with Gasteiger partial charge in [0.15, 0.2) is 0 Å². The number of hydrogen-bond donors (Lipinski definition) is 1. The fourth-order valence-corrected chi connectivity index (χ4v) is 5.27. The SMILES string of the molecule is CC(C)(C)OC(=O)N1C2CCC1CN(c1ccc3c(c1)OCC(NCc1ccccc1)C3)C2. The average Bonchev–Trinajstić information content (AvgIpc) is 3.06. The predicted molar refractivity (Wildman–Crippen MR) is 130 cm³/mol. The van der Waals surface area contributed by atoms with Crippen LogP contribution in [-0.4, -0.2) is 54.4 Å². The summed E-state index contributed by atoms with van der Waals surface area (Å²) in [6.07, 6.45) is 2.88. The summed E-state index contributed by atoms with van der Waals surface area (Å²) in [5, 5.41) is 3.62. The van der Waals surface area contributed by atoms with Crippen LogP contribution in [-0.2, 0) is 17.7 Å². The molecule has 6 nitrogen and oxygen atoms in total. The fourth-order valence-electron chi connectivity index (χ4n) is 5.27. The van der Waals surface area contributed by atoms with E-state index in [1.54, 1.807) is 0 Å². The maximum absolute atomic E-state index is 12.7. The average molecular weight is 450 g/mol. The van der Waals surface area contributed by atoms with Gasteiger partial charge in [-0.1, -0.05) is 36.4 Å². The van der Waals surface area contributed by atoms with Gasteiger partial charge in [-0.15, -0.1) is 0 Å². The minimum absolute atomic E-state index is 0.169. The summed E-state index contributed by atoms with van der Waals surface area (Å²) in [4.78, 5) is 17.1. The van der Waals surface area contributed by atoms with Crippen molar-refractivity contribution in [1.82, 2.24) is 10.2 Å². The van der Waals surface area contributed by atoms with Crippen LogP contribution in [0.15, 0.2) is 48.5 Å². The molecule has 0 aliphatic carbocycles. The van der Waals surface area contributed by atoms with Crippen molar-refractivity contribution in [3.05, 3.63) is 59.7 Å². The molecule has 0 radical (unpaired) electrons. The van der Waals surface area contributed by atoms with Crippen LogP contribution in [0, 0.1) is 0 Å². The van der Waals surface area contributed by atoms with Gasteiger partial charge in [0.05, 0.1) is 12.1 Å². The van der Waals surface area contributed by atoms with Gasteiger partial charge in [-0.25, -0.2) is 4.79 Å². The molecule has 2 aromatic carbocycles. The Morgan fingerprint density at radius 3 is 2.52 bits per heavy atom. The number of hydrogen-bond acceptors (Lipinski definition) is 5. The van der Waals surface area contributed by atoms with E-state index in [-0.39, 0.29) is 18.2 Å². The van der Waals surface area contributed by atoms with Crippen molar-refractivity contribution in [3.63, 3.8) is 0 Å². The lowest BCUT2D eigenvalue weighted by molar-refractivity contribution is 0.0123. The summed E-state index contributed by atoms with van der Waals surface area (Å²) >= 11 is 0. The van der Waals surface area contributed by atoms with E-state index in [2.05, 4.69) is 52.7 Å². The van der Waals surface area contributed by atoms with E-state index in [1.807, 2.05) is 31.7 Å². The molecule has 3 aliphatic heterocycles. The third kappa shape index (κ3) is 4.96. The van der Waals surface area contributed by atoms with Gasteiger partial charge >= 0.3 is 6.09 Å². The first-order valence-electron chi connectivity index (χ1n) is 12.1. The highest BCUT2D eigenvalue weighted by atomic mass is 16.6. The van der Waals surface area contributed by atoms with Crippen LogP contribution in [0.2, 0.25) is 0 Å². The fraction of sp³-hybridized carbons (Fsp3) is 0.519. The molecule has 1 N–H and O–H groups in total. The molecule has 0 saturated carbocycles. The molecule has 176 valence electrons. The van der Waals surface area contributed by atoms with Crippen molar-refractivity contribution in [2.45, 2.75) is 70.3 Å². The zero-order chi connectivity index (χ0) is 23.0. The van der Waals surface area contributed by atoms with Gasteiger partial charge in [0.25, 0.3) is 0 Å². The van der Waals surface area contributed by atoms with Gasteiger partial charge in [0.1, 0.15) is 18.0 Å². The zero-order valence-electron chi connectivity index (χ0n) is 19.9. The van der Waals surface area contributed by atoms with Crippen LogP contribution in [0.4, 0.5) is 10.5 Å². The summed E-state index contributed by atoms with van der Waals surface area (Å²) in [6.45, 7) is 9.01. The standard InChI is InChI=1S/C27H35N3O3/c1-27(2,3)33-26(31)30-23-11-12-24(30)17-29(16-23)22-10-9-20-13-21(18-32-25(20)14-22)28-15-19-7-5-4-6-8-19/h4-10,14,21,23-24,28H,11-13,15-18H2,1-3H3. The number of rotatable bonds is 4. The Kier molecular flexibility index (Phi) is 5.95. The van der Waals surface area contributed by atoms with Crippen molar-refractivity contribution in [2.24, 2.45) is 0 Å². The molecular formula is C27H35N3O3. The van der Waals surface area contributed by atoms with E-state index in [9.17, 15) is 4.79 Å². The largest absolute Gasteiger partial charge is 0.492 e. The Bertz CT molecular complexity index is 974. The van der Waals surface area contributed by atoms with Crippen LogP contribution >= 0.6 is 0 Å². The molecule has 0 spiro atoms. The minimum Gasteiger partial charge on any atom is -0.492 e. The lowest BCUT2D eigenvalue weighted by Gasteiger charge is -2.42. The number of amides is 1. The van der Waals surface area contributed by atoms with Gasteiger partial charge < -0.3 is 19.7 Å². The Balaban J connectivity index is 1.21. The van der Waals surface area contributed by atoms with Gasteiger partial charge in [-0.05, 0) is 57.2 Å². The normalized spacial score (nSPS) is 24.3. The molecule has 2 aromatic rings. The molecule has 6 heteroatoms. The second kappa shape index (κ2) is 8.90. The Morgan fingerprint density at radius 1 is 1.09 bits per heavy atom. The summed E-state index contributed by atoms with van der Waals surface area (Å²) < 4.78 is 11.8. The first-order chi connectivity index (χ1) is 15.9. The Labute approximate surface area is 196 Å². The first kappa shape index (κ1) is 22.1. The molecule has 0 aromatic heterocycles. The monoisotopic (exact) mass is 449 g/mol. The summed E-state index contributed by atoms with van der Waals surface area (Å²) in [6, 6.07) is 17.8. The third-order valence-corrected chi connectivity index (χ3v) is 6.85. The van der Waals surface area contributed by atoms with E-state index >= 15 is 0 Å². The zero-order valence-corrected chi connectivity index (χ0v) is 19.9. The number of benzene rings is 2. The van der Waals surface area contributed by atoms with Gasteiger partial charge in [0, 0.05) is 37.4 Å². The molecule has 2 bridgehead atoms. The smallest absolute Gasteiger partial charge is 0.410 e. The van der Waals surface area contributed by atoms with Crippen LogP contribution in [0.5, 0.6) is 5.75 Å². The van der Waals surface area contributed by atoms with Crippen molar-refractivity contribution < 1.29 is 14.3 Å². The van der Waals surface area contributed by atoms with Gasteiger partial charge in [-0.3, -0.25) is 4.90 Å². The molecular weight excluding hydrogens is 414 g/mol. The summed E-state index contributed by atoms with van der Waals surface area (Å²) in [5.41, 5.74) is 3.27. The van der Waals surface area contributed by atoms with E-state index in [4.69, 9.17) is 9.47 Å². The van der Waals surface area contributed by atoms with E-state index in [0.29, 0.717) is 12.6 Å². The number of nitrogens with zero attached hydrogens (tertiary/aromatic N) is 2. The summed E-state index contributed by atoms with van der Waals surface area (Å²) in [7, 11) is 0. The number of fused-ring (bicyclic) bond motifs is 3. The first-order valence-corrected chi connectivity index (χ1v) is 12.1. The number of nitrogens with one attached hydrogen (secondary N) is 1. The number of anilines is 1. The Hall–Kier alpha value is -2.73. The highest BCUT2D eigenvalue weighted by molar-refractivity contribution is 5.70. The second-order valence-corrected chi connectivity index (χ2v) is 10.5. The molecule has 5 rings (SSSR count). The van der Waals surface area contributed by atoms with Gasteiger partial charge in [0.2, 0.25) is 0 Å². The molecule has 1 amide bonds. The lowest BCUT2D eigenvalue weighted by atomic mass is 10.0. The molecule has 3 aliphatic rings. The Morgan fingerprint density at radius 2 is 1.82 bits per heavy atom. The molecule has 2 fully saturated rings. The van der Waals surface area contributed by atoms with E-state index in [1.165, 1.54) is 16.8 Å². The lowest BCUT2D eigenvalue weighted by Crippen LogP contribution is -2.56. The maximum atomic E-state index is 12.7. The van der Waals surface area contributed by atoms with E-state index < -0.39 is 5.60 Å². The highest BCUT2D eigenvalue weighted by Crippen LogP contribution is 2.36. The molecule has 3 atom stereocenters. The third-order valence-electron chi connectivity index (χ3n) is 6.85. The van der Waals surface area contributed by atoms with Crippen LogP contribution < -0.4 is 15.0 Å². The number of piperazine rings is 1. The van der Waals surface area contributed by atoms with Crippen LogP contribution in [0.25, 0.3) is 0 Å². The van der Waals surface area contributed by atoms with Crippen LogP contribution in [0.3, 0.4) is 0 Å². The van der Waals surface area contributed by atoms with Crippen LogP contribution in [0.1, 0.15) is 44.7 Å². The maximum Gasteiger partial charge on any atom is 0.410 e. The number of ether oxygens (including phenoxy) is 2. The van der Waals surface area contributed by atoms with Crippen molar-refractivity contribution in [3.8, 4) is 5.75 Å². The van der Waals surface area contributed by atoms with E-state index in [0.717, 1.165) is 44.6 Å². The van der Waals surface area contributed by atoms with Crippen molar-refractivity contribution in [2.75, 3.05) is 24.6 Å². The molecule has 2 saturated heterocycles.